The minimum atomic E-state index is 0.0706. The molecule has 2 rings (SSSR count). The predicted octanol–water partition coefficient (Wildman–Crippen LogP) is 2.06. The van der Waals surface area contributed by atoms with E-state index >= 15 is 0 Å². The van der Waals surface area contributed by atoms with Gasteiger partial charge in [-0.25, -0.2) is 0 Å². The van der Waals surface area contributed by atoms with Crippen LogP contribution in [0.4, 0.5) is 0 Å². The second-order valence-corrected chi connectivity index (χ2v) is 4.40. The highest BCUT2D eigenvalue weighted by atomic mass is 79.9. The molecule has 1 amide bonds. The monoisotopic (exact) mass is 269 g/mol. The lowest BCUT2D eigenvalue weighted by molar-refractivity contribution is -0.136. The molecule has 0 radical (unpaired) electrons. The molecule has 1 saturated heterocycles. The Labute approximate surface area is 97.2 Å². The molecule has 15 heavy (non-hydrogen) atoms. The summed E-state index contributed by atoms with van der Waals surface area (Å²) >= 11 is 3.35. The summed E-state index contributed by atoms with van der Waals surface area (Å²) in [6, 6.07) is 7.50. The Bertz CT molecular complexity index is 363. The van der Waals surface area contributed by atoms with Gasteiger partial charge < -0.3 is 9.64 Å². The largest absolute Gasteiger partial charge is 0.484 e. The third-order valence-corrected chi connectivity index (χ3v) is 2.86. The third-order valence-electron chi connectivity index (χ3n) is 2.37. The van der Waals surface area contributed by atoms with Crippen LogP contribution in [0, 0.1) is 0 Å². The van der Waals surface area contributed by atoms with Crippen LogP contribution in [0.25, 0.3) is 0 Å². The minimum Gasteiger partial charge on any atom is -0.484 e. The van der Waals surface area contributed by atoms with E-state index < -0.39 is 0 Å². The van der Waals surface area contributed by atoms with Crippen LogP contribution in [0.3, 0.4) is 0 Å². The zero-order chi connectivity index (χ0) is 10.7. The second-order valence-electron chi connectivity index (χ2n) is 3.48. The van der Waals surface area contributed by atoms with Crippen LogP contribution in [0.5, 0.6) is 5.75 Å². The molecule has 80 valence electrons. The average Bonchev–Trinajstić information content (AvgIpc) is 2.12. The zero-order valence-electron chi connectivity index (χ0n) is 8.28. The smallest absolute Gasteiger partial charge is 0.260 e. The van der Waals surface area contributed by atoms with Crippen molar-refractivity contribution in [2.75, 3.05) is 19.7 Å². The molecule has 0 aromatic heterocycles. The molecule has 3 nitrogen and oxygen atoms in total. The van der Waals surface area contributed by atoms with Gasteiger partial charge in [-0.1, -0.05) is 22.0 Å². The van der Waals surface area contributed by atoms with Gasteiger partial charge in [-0.05, 0) is 24.6 Å². The van der Waals surface area contributed by atoms with Gasteiger partial charge in [-0.2, -0.15) is 0 Å². The molecule has 1 aromatic rings. The topological polar surface area (TPSA) is 29.5 Å². The van der Waals surface area contributed by atoms with Gasteiger partial charge in [-0.15, -0.1) is 0 Å². The van der Waals surface area contributed by atoms with E-state index in [1.807, 2.05) is 24.3 Å². The number of benzene rings is 1. The molecule has 0 atom stereocenters. The second kappa shape index (κ2) is 4.66. The molecule has 4 heteroatoms. The van der Waals surface area contributed by atoms with Crippen LogP contribution in [0.2, 0.25) is 0 Å². The summed E-state index contributed by atoms with van der Waals surface area (Å²) in [6.07, 6.45) is 1.11. The number of amides is 1. The number of carbonyl (C=O) groups excluding carboxylic acids is 1. The molecule has 0 unspecified atom stereocenters. The third kappa shape index (κ3) is 2.72. The summed E-state index contributed by atoms with van der Waals surface area (Å²) in [6.45, 7) is 1.89. The predicted molar refractivity (Wildman–Crippen MR) is 60.8 cm³/mol. The van der Waals surface area contributed by atoms with Crippen LogP contribution in [0.1, 0.15) is 6.42 Å². The number of hydrogen-bond acceptors (Lipinski definition) is 2. The van der Waals surface area contributed by atoms with Crippen LogP contribution >= 0.6 is 15.9 Å². The lowest BCUT2D eigenvalue weighted by atomic mass is 10.2. The summed E-state index contributed by atoms with van der Waals surface area (Å²) < 4.78 is 6.34. The summed E-state index contributed by atoms with van der Waals surface area (Å²) in [7, 11) is 0. The number of likely N-dealkylation sites (tertiary alicyclic amines) is 1. The van der Waals surface area contributed by atoms with Crippen molar-refractivity contribution in [1.29, 1.82) is 0 Å². The van der Waals surface area contributed by atoms with Crippen LogP contribution in [-0.2, 0) is 4.79 Å². The average molecular weight is 270 g/mol. The Balaban J connectivity index is 1.84. The van der Waals surface area contributed by atoms with E-state index in [2.05, 4.69) is 15.9 Å². The van der Waals surface area contributed by atoms with Gasteiger partial charge in [0.1, 0.15) is 5.75 Å². The van der Waals surface area contributed by atoms with E-state index in [1.54, 1.807) is 4.90 Å². The summed E-state index contributed by atoms with van der Waals surface area (Å²) in [4.78, 5) is 13.3. The molecular weight excluding hydrogens is 258 g/mol. The number of ether oxygens (including phenoxy) is 1. The van der Waals surface area contributed by atoms with Crippen LogP contribution < -0.4 is 4.74 Å². The van der Waals surface area contributed by atoms with E-state index in [4.69, 9.17) is 4.74 Å². The molecule has 0 N–H and O–H groups in total. The SMILES string of the molecule is O=C(COc1cccc(Br)c1)N1CCC1. The van der Waals surface area contributed by atoms with Crippen molar-refractivity contribution in [3.05, 3.63) is 28.7 Å². The summed E-state index contributed by atoms with van der Waals surface area (Å²) in [5, 5.41) is 0. The standard InChI is InChI=1S/C11H12BrNO2/c12-9-3-1-4-10(7-9)15-8-11(14)13-5-2-6-13/h1,3-4,7H,2,5-6,8H2. The number of hydrogen-bond donors (Lipinski definition) is 0. The van der Waals surface area contributed by atoms with Crippen LogP contribution in [-0.4, -0.2) is 30.5 Å². The Hall–Kier alpha value is -1.03. The fraction of sp³-hybridized carbons (Fsp3) is 0.364. The van der Waals surface area contributed by atoms with Crippen molar-refractivity contribution in [3.8, 4) is 5.75 Å². The maximum atomic E-state index is 11.5. The number of carbonyl (C=O) groups is 1. The highest BCUT2D eigenvalue weighted by Crippen LogP contribution is 2.18. The van der Waals surface area contributed by atoms with E-state index in [1.165, 1.54) is 0 Å². The van der Waals surface area contributed by atoms with Gasteiger partial charge in [-0.3, -0.25) is 4.79 Å². The molecular formula is C11H12BrNO2. The number of halogens is 1. The van der Waals surface area contributed by atoms with Crippen molar-refractivity contribution in [1.82, 2.24) is 4.90 Å². The van der Waals surface area contributed by atoms with Gasteiger partial charge in [0.05, 0.1) is 0 Å². The summed E-state index contributed by atoms with van der Waals surface area (Å²) in [5.74, 6) is 0.791. The quantitative estimate of drug-likeness (QED) is 0.841. The fourth-order valence-corrected chi connectivity index (χ4v) is 1.74. The number of nitrogens with zero attached hydrogens (tertiary/aromatic N) is 1. The van der Waals surface area contributed by atoms with E-state index in [0.29, 0.717) is 0 Å². The highest BCUT2D eigenvalue weighted by Gasteiger charge is 2.20. The Morgan fingerprint density at radius 1 is 1.47 bits per heavy atom. The molecule has 1 fully saturated rings. The molecule has 0 aliphatic carbocycles. The first kappa shape index (κ1) is 10.5. The van der Waals surface area contributed by atoms with Gasteiger partial charge in [0.2, 0.25) is 0 Å². The first-order valence-electron chi connectivity index (χ1n) is 4.92. The molecule has 0 bridgehead atoms. The Morgan fingerprint density at radius 2 is 2.27 bits per heavy atom. The first-order chi connectivity index (χ1) is 7.25. The van der Waals surface area contributed by atoms with Gasteiger partial charge in [0, 0.05) is 17.6 Å². The Morgan fingerprint density at radius 3 is 2.87 bits per heavy atom. The summed E-state index contributed by atoms with van der Waals surface area (Å²) in [5.41, 5.74) is 0. The van der Waals surface area contributed by atoms with E-state index in [0.717, 1.165) is 29.7 Å². The molecule has 1 aromatic carbocycles. The van der Waals surface area contributed by atoms with Crippen LogP contribution in [0.15, 0.2) is 28.7 Å². The normalized spacial score (nSPS) is 14.6. The van der Waals surface area contributed by atoms with E-state index in [9.17, 15) is 4.79 Å². The van der Waals surface area contributed by atoms with Crippen molar-refractivity contribution in [2.45, 2.75) is 6.42 Å². The molecule has 1 heterocycles. The van der Waals surface area contributed by atoms with E-state index in [-0.39, 0.29) is 12.5 Å². The number of rotatable bonds is 3. The lowest BCUT2D eigenvalue weighted by Crippen LogP contribution is -2.44. The molecule has 1 aliphatic heterocycles. The van der Waals surface area contributed by atoms with Gasteiger partial charge >= 0.3 is 0 Å². The van der Waals surface area contributed by atoms with Gasteiger partial charge in [0.15, 0.2) is 6.61 Å². The van der Waals surface area contributed by atoms with Gasteiger partial charge in [0.25, 0.3) is 5.91 Å². The lowest BCUT2D eigenvalue weighted by Gasteiger charge is -2.30. The maximum absolute atomic E-state index is 11.5. The molecule has 0 saturated carbocycles. The van der Waals surface area contributed by atoms with Crippen molar-refractivity contribution >= 4 is 21.8 Å². The minimum absolute atomic E-state index is 0.0706. The maximum Gasteiger partial charge on any atom is 0.260 e. The molecule has 0 spiro atoms. The van der Waals surface area contributed by atoms with Crippen molar-refractivity contribution < 1.29 is 9.53 Å². The van der Waals surface area contributed by atoms with Crippen molar-refractivity contribution in [3.63, 3.8) is 0 Å². The molecule has 1 aliphatic rings. The highest BCUT2D eigenvalue weighted by molar-refractivity contribution is 9.10. The van der Waals surface area contributed by atoms with Crippen molar-refractivity contribution in [2.24, 2.45) is 0 Å². The zero-order valence-corrected chi connectivity index (χ0v) is 9.87. The Kier molecular flexibility index (Phi) is 3.26. The fourth-order valence-electron chi connectivity index (χ4n) is 1.36. The first-order valence-corrected chi connectivity index (χ1v) is 5.71.